The van der Waals surface area contributed by atoms with Crippen molar-refractivity contribution in [1.82, 2.24) is 0 Å². The lowest BCUT2D eigenvalue weighted by molar-refractivity contribution is 0.487. The monoisotopic (exact) mass is 610 g/mol. The standard InChI is InChI=1S/C47H30O/c1-4-13-31(14-5-1)32-23-25-37-38-26-24-33(36-27-28-45-46-40(36)20-12-21-41(46)39-19-10-11-22-44(39)48-45)30-43(38)47(42(37)29-32,34-15-6-2-7-16-34)35-17-8-3-9-18-35/h1-30H. The number of para-hydroxylation sites is 1. The summed E-state index contributed by atoms with van der Waals surface area (Å²) in [5, 5.41) is 2.37. The van der Waals surface area contributed by atoms with Crippen LogP contribution in [0.25, 0.3) is 55.3 Å². The molecule has 0 atom stereocenters. The first-order valence-electron chi connectivity index (χ1n) is 16.6. The fourth-order valence-corrected chi connectivity index (χ4v) is 8.30. The summed E-state index contributed by atoms with van der Waals surface area (Å²) in [6, 6.07) is 66.4. The molecule has 10 rings (SSSR count). The van der Waals surface area contributed by atoms with Gasteiger partial charge < -0.3 is 4.74 Å². The first-order chi connectivity index (χ1) is 23.8. The molecule has 1 aliphatic heterocycles. The van der Waals surface area contributed by atoms with Crippen molar-refractivity contribution in [2.24, 2.45) is 0 Å². The molecule has 1 nitrogen and oxygen atoms in total. The largest absolute Gasteiger partial charge is 0.456 e. The lowest BCUT2D eigenvalue weighted by Gasteiger charge is -2.34. The Morgan fingerprint density at radius 2 is 0.896 bits per heavy atom. The van der Waals surface area contributed by atoms with Gasteiger partial charge in [0.25, 0.3) is 0 Å². The number of hydrogen-bond donors (Lipinski definition) is 0. The van der Waals surface area contributed by atoms with Crippen molar-refractivity contribution in [3.05, 3.63) is 204 Å². The van der Waals surface area contributed by atoms with Gasteiger partial charge in [0, 0.05) is 10.9 Å². The lowest BCUT2D eigenvalue weighted by Crippen LogP contribution is -2.28. The second kappa shape index (κ2) is 10.4. The summed E-state index contributed by atoms with van der Waals surface area (Å²) in [6.45, 7) is 0. The van der Waals surface area contributed by atoms with Crippen LogP contribution in [0.5, 0.6) is 11.5 Å². The van der Waals surface area contributed by atoms with Crippen LogP contribution >= 0.6 is 0 Å². The maximum absolute atomic E-state index is 6.45. The molecule has 0 bridgehead atoms. The van der Waals surface area contributed by atoms with Gasteiger partial charge in [-0.1, -0.05) is 158 Å². The van der Waals surface area contributed by atoms with Crippen molar-refractivity contribution in [3.8, 4) is 56.0 Å². The quantitative estimate of drug-likeness (QED) is 0.193. The van der Waals surface area contributed by atoms with Crippen molar-refractivity contribution in [2.75, 3.05) is 0 Å². The van der Waals surface area contributed by atoms with Crippen LogP contribution in [-0.2, 0) is 5.41 Å². The van der Waals surface area contributed by atoms with Crippen LogP contribution in [0, 0.1) is 0 Å². The molecule has 2 aliphatic rings. The van der Waals surface area contributed by atoms with Crippen LogP contribution in [0.3, 0.4) is 0 Å². The van der Waals surface area contributed by atoms with Crippen molar-refractivity contribution >= 4 is 10.8 Å². The molecule has 0 amide bonds. The maximum atomic E-state index is 6.45. The molecule has 1 heteroatoms. The number of benzene rings is 8. The van der Waals surface area contributed by atoms with Crippen molar-refractivity contribution < 1.29 is 4.74 Å². The van der Waals surface area contributed by atoms with E-state index >= 15 is 0 Å². The zero-order valence-corrected chi connectivity index (χ0v) is 26.2. The molecule has 0 fully saturated rings. The van der Waals surface area contributed by atoms with E-state index in [2.05, 4.69) is 176 Å². The van der Waals surface area contributed by atoms with Crippen LogP contribution < -0.4 is 4.74 Å². The molecule has 8 aromatic rings. The zero-order chi connectivity index (χ0) is 31.7. The normalized spacial score (nSPS) is 13.3. The number of hydrogen-bond acceptors (Lipinski definition) is 1. The summed E-state index contributed by atoms with van der Waals surface area (Å²) >= 11 is 0. The predicted octanol–water partition coefficient (Wildman–Crippen LogP) is 12.3. The average Bonchev–Trinajstić information content (AvgIpc) is 3.46. The van der Waals surface area contributed by atoms with Crippen LogP contribution in [0.15, 0.2) is 182 Å². The van der Waals surface area contributed by atoms with E-state index in [9.17, 15) is 0 Å². The molecule has 0 N–H and O–H groups in total. The van der Waals surface area contributed by atoms with Crippen molar-refractivity contribution in [2.45, 2.75) is 5.41 Å². The molecule has 48 heavy (non-hydrogen) atoms. The van der Waals surface area contributed by atoms with E-state index in [0.717, 1.165) is 17.1 Å². The van der Waals surface area contributed by atoms with Gasteiger partial charge >= 0.3 is 0 Å². The van der Waals surface area contributed by atoms with Crippen LogP contribution in [0.2, 0.25) is 0 Å². The van der Waals surface area contributed by atoms with E-state index in [1.165, 1.54) is 72.0 Å². The molecular formula is C47H30O. The molecule has 1 aliphatic carbocycles. The second-order valence-corrected chi connectivity index (χ2v) is 12.8. The number of fused-ring (bicyclic) bond motifs is 5. The molecule has 0 saturated carbocycles. The van der Waals surface area contributed by atoms with Gasteiger partial charge in [0.2, 0.25) is 0 Å². The Morgan fingerprint density at radius 1 is 0.333 bits per heavy atom. The fourth-order valence-electron chi connectivity index (χ4n) is 8.30. The summed E-state index contributed by atoms with van der Waals surface area (Å²) in [6.07, 6.45) is 0. The summed E-state index contributed by atoms with van der Waals surface area (Å²) in [5.74, 6) is 1.82. The topological polar surface area (TPSA) is 9.23 Å². The third kappa shape index (κ3) is 3.79. The smallest absolute Gasteiger partial charge is 0.135 e. The van der Waals surface area contributed by atoms with E-state index < -0.39 is 5.41 Å². The zero-order valence-electron chi connectivity index (χ0n) is 26.2. The van der Waals surface area contributed by atoms with Gasteiger partial charge in [0.15, 0.2) is 0 Å². The molecular weight excluding hydrogens is 581 g/mol. The SMILES string of the molecule is c1ccc(-c2ccc3c(c2)C(c2ccccc2)(c2ccccc2)c2cc(-c4ccc5c6c(cccc46)-c4ccccc4O5)ccc2-3)cc1. The Hall–Kier alpha value is -6.18. The summed E-state index contributed by atoms with van der Waals surface area (Å²) in [5.41, 5.74) is 14.4. The maximum Gasteiger partial charge on any atom is 0.135 e. The highest BCUT2D eigenvalue weighted by atomic mass is 16.5. The highest BCUT2D eigenvalue weighted by Gasteiger charge is 2.46. The summed E-state index contributed by atoms with van der Waals surface area (Å²) in [4.78, 5) is 0. The Kier molecular flexibility index (Phi) is 5.86. The first-order valence-corrected chi connectivity index (χ1v) is 16.6. The van der Waals surface area contributed by atoms with E-state index in [1.54, 1.807) is 0 Å². The minimum atomic E-state index is -0.498. The van der Waals surface area contributed by atoms with Crippen molar-refractivity contribution in [1.29, 1.82) is 0 Å². The molecule has 0 radical (unpaired) electrons. The molecule has 8 aromatic carbocycles. The third-order valence-corrected chi connectivity index (χ3v) is 10.4. The highest BCUT2D eigenvalue weighted by molar-refractivity contribution is 6.10. The molecule has 0 saturated heterocycles. The molecule has 1 heterocycles. The molecule has 0 unspecified atom stereocenters. The Balaban J connectivity index is 1.26. The first kappa shape index (κ1) is 27.0. The predicted molar refractivity (Wildman–Crippen MR) is 198 cm³/mol. The van der Waals surface area contributed by atoms with Crippen LogP contribution in [0.1, 0.15) is 22.3 Å². The van der Waals surface area contributed by atoms with Crippen LogP contribution in [0.4, 0.5) is 0 Å². The van der Waals surface area contributed by atoms with Gasteiger partial charge in [-0.15, -0.1) is 0 Å². The van der Waals surface area contributed by atoms with E-state index in [0.29, 0.717) is 0 Å². The summed E-state index contributed by atoms with van der Waals surface area (Å²) in [7, 11) is 0. The Bertz CT molecular complexity index is 2470. The average molecular weight is 611 g/mol. The van der Waals surface area contributed by atoms with Gasteiger partial charge in [-0.2, -0.15) is 0 Å². The minimum Gasteiger partial charge on any atom is -0.456 e. The lowest BCUT2D eigenvalue weighted by atomic mass is 9.67. The molecule has 0 spiro atoms. The van der Waals surface area contributed by atoms with Gasteiger partial charge in [-0.05, 0) is 90.8 Å². The Morgan fingerprint density at radius 3 is 1.60 bits per heavy atom. The van der Waals surface area contributed by atoms with E-state index in [4.69, 9.17) is 4.74 Å². The van der Waals surface area contributed by atoms with Gasteiger partial charge in [-0.25, -0.2) is 0 Å². The number of ether oxygens (including phenoxy) is 1. The summed E-state index contributed by atoms with van der Waals surface area (Å²) < 4.78 is 6.45. The molecule has 224 valence electrons. The van der Waals surface area contributed by atoms with Crippen molar-refractivity contribution in [3.63, 3.8) is 0 Å². The van der Waals surface area contributed by atoms with E-state index in [-0.39, 0.29) is 0 Å². The fraction of sp³-hybridized carbons (Fsp3) is 0.0213. The third-order valence-electron chi connectivity index (χ3n) is 10.4. The highest BCUT2D eigenvalue weighted by Crippen LogP contribution is 2.58. The van der Waals surface area contributed by atoms with Gasteiger partial charge in [-0.3, -0.25) is 0 Å². The van der Waals surface area contributed by atoms with E-state index in [1.807, 2.05) is 6.07 Å². The second-order valence-electron chi connectivity index (χ2n) is 12.8. The Labute approximate surface area is 280 Å². The van der Waals surface area contributed by atoms with Gasteiger partial charge in [0.1, 0.15) is 11.5 Å². The molecule has 0 aromatic heterocycles. The van der Waals surface area contributed by atoms with Crippen LogP contribution in [-0.4, -0.2) is 0 Å². The van der Waals surface area contributed by atoms with Gasteiger partial charge in [0.05, 0.1) is 5.41 Å². The minimum absolute atomic E-state index is 0.498. The number of rotatable bonds is 4.